The second-order valence-electron chi connectivity index (χ2n) is 4.05. The third kappa shape index (κ3) is 2.36. The summed E-state index contributed by atoms with van der Waals surface area (Å²) in [6, 6.07) is 3.73. The standard InChI is InChI=1S/C13H13BrO4/c1-7-5-9-12(14)8(3-4-11(15)16)6-10(17-2)13(9)18-7/h5-6H,3-4H2,1-2H3,(H,15,16). The van der Waals surface area contributed by atoms with E-state index in [1.54, 1.807) is 7.11 Å². The molecule has 0 aliphatic heterocycles. The van der Waals surface area contributed by atoms with Crippen LogP contribution in [-0.2, 0) is 11.2 Å². The van der Waals surface area contributed by atoms with Crippen molar-refractivity contribution in [2.45, 2.75) is 19.8 Å². The van der Waals surface area contributed by atoms with Crippen molar-refractivity contribution >= 4 is 32.9 Å². The van der Waals surface area contributed by atoms with Crippen LogP contribution in [0.1, 0.15) is 17.7 Å². The van der Waals surface area contributed by atoms with Gasteiger partial charge in [-0.05, 0) is 47.0 Å². The number of benzene rings is 1. The number of aryl methyl sites for hydroxylation is 2. The van der Waals surface area contributed by atoms with E-state index in [2.05, 4.69) is 15.9 Å². The fourth-order valence-electron chi connectivity index (χ4n) is 1.90. The van der Waals surface area contributed by atoms with Crippen LogP contribution in [0.4, 0.5) is 0 Å². The van der Waals surface area contributed by atoms with Crippen molar-refractivity contribution in [2.75, 3.05) is 7.11 Å². The van der Waals surface area contributed by atoms with Gasteiger partial charge in [-0.15, -0.1) is 0 Å². The summed E-state index contributed by atoms with van der Waals surface area (Å²) in [6.45, 7) is 1.86. The Hall–Kier alpha value is -1.49. The van der Waals surface area contributed by atoms with Gasteiger partial charge in [-0.1, -0.05) is 0 Å². The van der Waals surface area contributed by atoms with Gasteiger partial charge in [0, 0.05) is 16.3 Å². The Morgan fingerprint density at radius 2 is 2.22 bits per heavy atom. The van der Waals surface area contributed by atoms with Crippen LogP contribution in [0.3, 0.4) is 0 Å². The molecular weight excluding hydrogens is 300 g/mol. The van der Waals surface area contributed by atoms with E-state index in [1.807, 2.05) is 19.1 Å². The summed E-state index contributed by atoms with van der Waals surface area (Å²) in [4.78, 5) is 10.6. The average Bonchev–Trinajstić information content (AvgIpc) is 2.70. The lowest BCUT2D eigenvalue weighted by molar-refractivity contribution is -0.136. The van der Waals surface area contributed by atoms with Crippen molar-refractivity contribution in [3.05, 3.63) is 27.9 Å². The van der Waals surface area contributed by atoms with Crippen LogP contribution in [0.2, 0.25) is 0 Å². The Morgan fingerprint density at radius 3 is 2.83 bits per heavy atom. The van der Waals surface area contributed by atoms with E-state index in [-0.39, 0.29) is 6.42 Å². The maximum absolute atomic E-state index is 10.6. The molecular formula is C13H13BrO4. The van der Waals surface area contributed by atoms with Crippen molar-refractivity contribution in [3.8, 4) is 5.75 Å². The maximum Gasteiger partial charge on any atom is 0.303 e. The number of hydrogen-bond donors (Lipinski definition) is 1. The molecule has 1 aromatic carbocycles. The molecule has 0 saturated carbocycles. The molecule has 1 N–H and O–H groups in total. The van der Waals surface area contributed by atoms with Gasteiger partial charge in [-0.2, -0.15) is 0 Å². The molecule has 1 aromatic heterocycles. The van der Waals surface area contributed by atoms with Crippen LogP contribution in [0.25, 0.3) is 11.0 Å². The molecule has 0 amide bonds. The highest BCUT2D eigenvalue weighted by atomic mass is 79.9. The number of carbonyl (C=O) groups is 1. The molecule has 0 saturated heterocycles. The fourth-order valence-corrected chi connectivity index (χ4v) is 2.50. The molecule has 0 unspecified atom stereocenters. The van der Waals surface area contributed by atoms with Crippen molar-refractivity contribution < 1.29 is 19.1 Å². The van der Waals surface area contributed by atoms with Gasteiger partial charge in [0.1, 0.15) is 5.76 Å². The first-order valence-corrected chi connectivity index (χ1v) is 6.29. The maximum atomic E-state index is 10.6. The van der Waals surface area contributed by atoms with Crippen LogP contribution in [0.5, 0.6) is 5.75 Å². The second kappa shape index (κ2) is 5.02. The first kappa shape index (κ1) is 13.0. The van der Waals surface area contributed by atoms with E-state index >= 15 is 0 Å². The number of carboxylic acid groups (broad SMARTS) is 1. The molecule has 0 spiro atoms. The van der Waals surface area contributed by atoms with Crippen molar-refractivity contribution in [2.24, 2.45) is 0 Å². The van der Waals surface area contributed by atoms with Crippen LogP contribution in [0, 0.1) is 6.92 Å². The third-order valence-corrected chi connectivity index (χ3v) is 3.67. The van der Waals surface area contributed by atoms with Gasteiger partial charge in [0.2, 0.25) is 0 Å². The number of furan rings is 1. The molecule has 0 aliphatic rings. The highest BCUT2D eigenvalue weighted by Crippen LogP contribution is 2.37. The summed E-state index contributed by atoms with van der Waals surface area (Å²) in [5.74, 6) is 0.602. The summed E-state index contributed by atoms with van der Waals surface area (Å²) < 4.78 is 11.7. The SMILES string of the molecule is COc1cc(CCC(=O)O)c(Br)c2cc(C)oc12. The Bertz CT molecular complexity index is 601. The topological polar surface area (TPSA) is 59.7 Å². The lowest BCUT2D eigenvalue weighted by Crippen LogP contribution is -1.99. The van der Waals surface area contributed by atoms with Gasteiger partial charge >= 0.3 is 5.97 Å². The highest BCUT2D eigenvalue weighted by Gasteiger charge is 2.15. The predicted octanol–water partition coefficient (Wildman–Crippen LogP) is 3.53. The summed E-state index contributed by atoms with van der Waals surface area (Å²) in [5.41, 5.74) is 1.59. The number of fused-ring (bicyclic) bond motifs is 1. The molecule has 0 bridgehead atoms. The number of ether oxygens (including phenoxy) is 1. The first-order valence-electron chi connectivity index (χ1n) is 5.50. The fraction of sp³-hybridized carbons (Fsp3) is 0.308. The number of hydrogen-bond acceptors (Lipinski definition) is 3. The normalized spacial score (nSPS) is 10.8. The van der Waals surface area contributed by atoms with Gasteiger partial charge in [0.25, 0.3) is 0 Å². The molecule has 0 atom stereocenters. The molecule has 2 aromatic rings. The Balaban J connectivity index is 2.53. The van der Waals surface area contributed by atoms with Gasteiger partial charge < -0.3 is 14.3 Å². The van der Waals surface area contributed by atoms with Crippen LogP contribution in [-0.4, -0.2) is 18.2 Å². The minimum Gasteiger partial charge on any atom is -0.493 e. The molecule has 5 heteroatoms. The van der Waals surface area contributed by atoms with Gasteiger partial charge in [-0.3, -0.25) is 4.79 Å². The zero-order valence-corrected chi connectivity index (χ0v) is 11.7. The van der Waals surface area contributed by atoms with Crippen molar-refractivity contribution in [3.63, 3.8) is 0 Å². The zero-order valence-electron chi connectivity index (χ0n) is 10.1. The molecule has 0 radical (unpaired) electrons. The molecule has 4 nitrogen and oxygen atoms in total. The van der Waals surface area contributed by atoms with E-state index in [1.165, 1.54) is 0 Å². The molecule has 96 valence electrons. The summed E-state index contributed by atoms with van der Waals surface area (Å²) >= 11 is 3.50. The lowest BCUT2D eigenvalue weighted by Gasteiger charge is -2.08. The second-order valence-corrected chi connectivity index (χ2v) is 4.84. The molecule has 0 fully saturated rings. The molecule has 2 rings (SSSR count). The quantitative estimate of drug-likeness (QED) is 0.938. The Morgan fingerprint density at radius 1 is 1.50 bits per heavy atom. The zero-order chi connectivity index (χ0) is 13.3. The molecule has 18 heavy (non-hydrogen) atoms. The van der Waals surface area contributed by atoms with Gasteiger partial charge in [0.05, 0.1) is 7.11 Å². The Kier molecular flexibility index (Phi) is 3.61. The van der Waals surface area contributed by atoms with E-state index in [0.29, 0.717) is 17.8 Å². The van der Waals surface area contributed by atoms with E-state index in [4.69, 9.17) is 14.3 Å². The van der Waals surface area contributed by atoms with E-state index in [9.17, 15) is 4.79 Å². The summed E-state index contributed by atoms with van der Waals surface area (Å²) in [6.07, 6.45) is 0.538. The minimum absolute atomic E-state index is 0.0874. The average molecular weight is 313 g/mol. The monoisotopic (exact) mass is 312 g/mol. The van der Waals surface area contributed by atoms with Gasteiger partial charge in [0.15, 0.2) is 11.3 Å². The van der Waals surface area contributed by atoms with Crippen LogP contribution < -0.4 is 4.74 Å². The highest BCUT2D eigenvalue weighted by molar-refractivity contribution is 9.10. The van der Waals surface area contributed by atoms with E-state index < -0.39 is 5.97 Å². The number of aliphatic carboxylic acids is 1. The molecule has 0 aliphatic carbocycles. The number of carboxylic acids is 1. The number of methoxy groups -OCH3 is 1. The number of rotatable bonds is 4. The minimum atomic E-state index is -0.815. The van der Waals surface area contributed by atoms with Crippen molar-refractivity contribution in [1.82, 2.24) is 0 Å². The predicted molar refractivity (Wildman–Crippen MR) is 71.2 cm³/mol. The smallest absolute Gasteiger partial charge is 0.303 e. The van der Waals surface area contributed by atoms with Gasteiger partial charge in [-0.25, -0.2) is 0 Å². The number of halogens is 1. The van der Waals surface area contributed by atoms with Crippen molar-refractivity contribution in [1.29, 1.82) is 0 Å². The largest absolute Gasteiger partial charge is 0.493 e. The molecule has 1 heterocycles. The van der Waals surface area contributed by atoms with Crippen LogP contribution in [0.15, 0.2) is 21.0 Å². The van der Waals surface area contributed by atoms with Crippen LogP contribution >= 0.6 is 15.9 Å². The lowest BCUT2D eigenvalue weighted by atomic mass is 10.1. The summed E-state index contributed by atoms with van der Waals surface area (Å²) in [7, 11) is 1.57. The Labute approximate surface area is 113 Å². The first-order chi connectivity index (χ1) is 8.52. The summed E-state index contributed by atoms with van der Waals surface area (Å²) in [5, 5.41) is 9.65. The van der Waals surface area contributed by atoms with E-state index in [0.717, 1.165) is 21.2 Å². The third-order valence-electron chi connectivity index (χ3n) is 2.73.